The van der Waals surface area contributed by atoms with Crippen LogP contribution in [0.2, 0.25) is 0 Å². The third-order valence-corrected chi connectivity index (χ3v) is 4.80. The Morgan fingerprint density at radius 1 is 1.36 bits per heavy atom. The lowest BCUT2D eigenvalue weighted by Gasteiger charge is -2.29. The molecule has 0 bridgehead atoms. The molecule has 0 aliphatic carbocycles. The number of nitrogens with zero attached hydrogens (tertiary/aromatic N) is 1. The highest BCUT2D eigenvalue weighted by Gasteiger charge is 2.38. The van der Waals surface area contributed by atoms with Crippen molar-refractivity contribution in [2.75, 3.05) is 6.26 Å². The number of carbonyl (C=O) groups is 1. The maximum Gasteiger partial charge on any atom is 0.334 e. The summed E-state index contributed by atoms with van der Waals surface area (Å²) in [5, 5.41) is 23.8. The van der Waals surface area contributed by atoms with Crippen molar-refractivity contribution in [3.05, 3.63) is 57.2 Å². The van der Waals surface area contributed by atoms with E-state index in [9.17, 15) is 23.5 Å². The minimum absolute atomic E-state index is 0.0401. The molecule has 1 aliphatic heterocycles. The Morgan fingerprint density at radius 2 is 2.00 bits per heavy atom. The van der Waals surface area contributed by atoms with Gasteiger partial charge < -0.3 is 15.6 Å². The molecule has 2 N–H and O–H groups in total. The lowest BCUT2D eigenvalue weighted by molar-refractivity contribution is -0.605. The summed E-state index contributed by atoms with van der Waals surface area (Å²) in [7, 11) is -3.67. The largest absolute Gasteiger partial charge is 0.619 e. The molecule has 1 aliphatic rings. The van der Waals surface area contributed by atoms with Crippen molar-refractivity contribution in [3.8, 4) is 0 Å². The Hall–Kier alpha value is -2.35. The molecule has 0 saturated heterocycles. The normalized spacial score (nSPS) is 19.1. The van der Waals surface area contributed by atoms with Crippen molar-refractivity contribution in [1.29, 1.82) is 0 Å². The number of rotatable bonds is 3. The zero-order valence-electron chi connectivity index (χ0n) is 12.3. The quantitative estimate of drug-likeness (QED) is 0.623. The summed E-state index contributed by atoms with van der Waals surface area (Å²) in [4.78, 5) is 11.6. The first-order valence-corrected chi connectivity index (χ1v) is 8.32. The Bertz CT molecular complexity index is 808. The van der Waals surface area contributed by atoms with Crippen LogP contribution in [0.5, 0.6) is 0 Å². The van der Waals surface area contributed by atoms with Gasteiger partial charge in [0.15, 0.2) is 22.2 Å². The van der Waals surface area contributed by atoms with Gasteiger partial charge in [-0.2, -0.15) is 4.73 Å². The van der Waals surface area contributed by atoms with Crippen LogP contribution in [0.25, 0.3) is 0 Å². The van der Waals surface area contributed by atoms with Crippen LogP contribution in [0.4, 0.5) is 0 Å². The van der Waals surface area contributed by atoms with Gasteiger partial charge in [0.1, 0.15) is 0 Å². The van der Waals surface area contributed by atoms with Gasteiger partial charge in [-0.15, -0.1) is 0 Å². The average Bonchev–Trinajstić information content (AvgIpc) is 2.35. The van der Waals surface area contributed by atoms with E-state index in [1.807, 2.05) is 0 Å². The maximum atomic E-state index is 12.1. The smallest absolute Gasteiger partial charge is 0.334 e. The predicted octanol–water partition coefficient (Wildman–Crippen LogP) is 0.642. The number of aromatic nitrogens is 1. The Balaban J connectivity index is 2.79. The Kier molecular flexibility index (Phi) is 3.97. The second kappa shape index (κ2) is 5.45. The highest BCUT2D eigenvalue weighted by Crippen LogP contribution is 2.39. The number of allylic oxidation sites excluding steroid dienone is 3. The Labute approximate surface area is 128 Å². The van der Waals surface area contributed by atoms with Crippen molar-refractivity contribution in [3.63, 3.8) is 0 Å². The average molecular weight is 324 g/mol. The van der Waals surface area contributed by atoms with Gasteiger partial charge in [0, 0.05) is 29.3 Å². The molecular formula is C14H16N2O5S. The molecule has 1 atom stereocenters. The third-order valence-electron chi connectivity index (χ3n) is 3.46. The number of carboxylic acid groups (broad SMARTS) is 1. The fourth-order valence-corrected chi connectivity index (χ4v) is 4.00. The molecule has 2 heterocycles. The zero-order chi connectivity index (χ0) is 16.7. The fraction of sp³-hybridized carbons (Fsp3) is 0.286. The zero-order valence-corrected chi connectivity index (χ0v) is 13.1. The monoisotopic (exact) mass is 324 g/mol. The molecule has 1 unspecified atom stereocenters. The summed E-state index contributed by atoms with van der Waals surface area (Å²) >= 11 is 0. The molecule has 0 radical (unpaired) electrons. The number of hydrogen-bond donors (Lipinski definition) is 2. The van der Waals surface area contributed by atoms with Gasteiger partial charge in [-0.25, -0.2) is 13.2 Å². The standard InChI is InChI=1S/C14H16N2O5S/c1-8-11(14(17)18)12(10-5-4-6-16(19)7-10)13(9(2)15-8)22(3,20)21/h4-7,12,15H,1-3H3,(H,17,18). The SMILES string of the molecule is CC1=C(C(=O)O)C(c2ccc[n+]([O-])c2)C(S(C)(=O)=O)=C(C)N1. The molecule has 0 spiro atoms. The van der Waals surface area contributed by atoms with Gasteiger partial charge >= 0.3 is 5.97 Å². The second-order valence-electron chi connectivity index (χ2n) is 5.16. The number of pyridine rings is 1. The van der Waals surface area contributed by atoms with Crippen LogP contribution in [0.15, 0.2) is 46.4 Å². The molecule has 2 rings (SSSR count). The number of carboxylic acids is 1. The van der Waals surface area contributed by atoms with Gasteiger partial charge in [-0.1, -0.05) is 0 Å². The van der Waals surface area contributed by atoms with E-state index in [2.05, 4.69) is 5.32 Å². The first-order valence-electron chi connectivity index (χ1n) is 6.43. The van der Waals surface area contributed by atoms with Crippen molar-refractivity contribution >= 4 is 15.8 Å². The summed E-state index contributed by atoms with van der Waals surface area (Å²) in [5.41, 5.74) is 0.938. The van der Waals surface area contributed by atoms with E-state index in [1.54, 1.807) is 19.9 Å². The third kappa shape index (κ3) is 2.82. The molecule has 8 heteroatoms. The molecule has 1 aromatic rings. The first-order chi connectivity index (χ1) is 10.1. The summed E-state index contributed by atoms with van der Waals surface area (Å²) in [6.45, 7) is 3.13. The van der Waals surface area contributed by atoms with Crippen LogP contribution in [0.3, 0.4) is 0 Å². The highest BCUT2D eigenvalue weighted by atomic mass is 32.2. The maximum absolute atomic E-state index is 12.1. The number of dihydropyridines is 1. The number of sulfone groups is 1. The molecule has 0 amide bonds. The molecule has 7 nitrogen and oxygen atoms in total. The van der Waals surface area contributed by atoms with Gasteiger partial charge in [0.25, 0.3) is 0 Å². The van der Waals surface area contributed by atoms with Gasteiger partial charge in [0.05, 0.1) is 16.4 Å². The Morgan fingerprint density at radius 3 is 2.50 bits per heavy atom. The lowest BCUT2D eigenvalue weighted by atomic mass is 9.87. The first kappa shape index (κ1) is 16.0. The number of aliphatic carboxylic acids is 1. The van der Waals surface area contributed by atoms with Crippen LogP contribution < -0.4 is 10.0 Å². The minimum Gasteiger partial charge on any atom is -0.619 e. The minimum atomic E-state index is -3.67. The van der Waals surface area contributed by atoms with E-state index < -0.39 is 21.7 Å². The van der Waals surface area contributed by atoms with Crippen molar-refractivity contribution in [2.24, 2.45) is 0 Å². The van der Waals surface area contributed by atoms with Crippen LogP contribution in [0.1, 0.15) is 25.3 Å². The van der Waals surface area contributed by atoms with E-state index in [-0.39, 0.29) is 10.5 Å². The fourth-order valence-electron chi connectivity index (χ4n) is 2.71. The summed E-state index contributed by atoms with van der Waals surface area (Å²) < 4.78 is 24.8. The number of nitrogens with one attached hydrogen (secondary N) is 1. The molecule has 22 heavy (non-hydrogen) atoms. The van der Waals surface area contributed by atoms with Gasteiger partial charge in [0.2, 0.25) is 0 Å². The summed E-state index contributed by atoms with van der Waals surface area (Å²) in [5.74, 6) is -2.25. The molecular weight excluding hydrogens is 308 g/mol. The lowest BCUT2D eigenvalue weighted by Crippen LogP contribution is -2.33. The van der Waals surface area contributed by atoms with E-state index in [0.29, 0.717) is 21.7 Å². The number of hydrogen-bond acceptors (Lipinski definition) is 5. The van der Waals surface area contributed by atoms with Crippen molar-refractivity contribution < 1.29 is 23.0 Å². The summed E-state index contributed by atoms with van der Waals surface area (Å²) in [6, 6.07) is 2.99. The van der Waals surface area contributed by atoms with Crippen molar-refractivity contribution in [2.45, 2.75) is 19.8 Å². The molecule has 118 valence electrons. The molecule has 1 aromatic heterocycles. The van der Waals surface area contributed by atoms with E-state index >= 15 is 0 Å². The topological polar surface area (TPSA) is 110 Å². The van der Waals surface area contributed by atoms with E-state index in [0.717, 1.165) is 6.26 Å². The highest BCUT2D eigenvalue weighted by molar-refractivity contribution is 7.94. The van der Waals surface area contributed by atoms with Crippen LogP contribution in [-0.2, 0) is 14.6 Å². The molecule has 0 aromatic carbocycles. The molecule has 0 fully saturated rings. The van der Waals surface area contributed by atoms with E-state index in [1.165, 1.54) is 18.5 Å². The second-order valence-corrected chi connectivity index (χ2v) is 7.14. The van der Waals surface area contributed by atoms with Crippen LogP contribution >= 0.6 is 0 Å². The van der Waals surface area contributed by atoms with Crippen LogP contribution in [0, 0.1) is 5.21 Å². The van der Waals surface area contributed by atoms with E-state index in [4.69, 9.17) is 0 Å². The van der Waals surface area contributed by atoms with Crippen molar-refractivity contribution in [1.82, 2.24) is 5.32 Å². The molecule has 0 saturated carbocycles. The summed E-state index contributed by atoms with van der Waals surface area (Å²) in [6.07, 6.45) is 3.46. The van der Waals surface area contributed by atoms with Gasteiger partial charge in [-0.3, -0.25) is 0 Å². The van der Waals surface area contributed by atoms with Crippen LogP contribution in [-0.4, -0.2) is 25.7 Å². The predicted molar refractivity (Wildman–Crippen MR) is 79.2 cm³/mol. The van der Waals surface area contributed by atoms with Gasteiger partial charge in [-0.05, 0) is 19.9 Å².